The van der Waals surface area contributed by atoms with Crippen molar-refractivity contribution in [1.29, 1.82) is 0 Å². The summed E-state index contributed by atoms with van der Waals surface area (Å²) in [6, 6.07) is 3.40. The second-order valence-electron chi connectivity index (χ2n) is 3.51. The average molecular weight is 236 g/mol. The molecule has 0 atom stereocenters. The maximum Gasteiger partial charge on any atom is 0.252 e. The number of nitrogens with zero attached hydrogens (tertiary/aromatic N) is 1. The summed E-state index contributed by atoms with van der Waals surface area (Å²) in [5.41, 5.74) is 5.47. The normalized spacial score (nSPS) is 9.71. The molecule has 0 aliphatic carbocycles. The minimum atomic E-state index is -0.362. The van der Waals surface area contributed by atoms with Gasteiger partial charge in [0.05, 0.1) is 5.56 Å². The summed E-state index contributed by atoms with van der Waals surface area (Å²) < 4.78 is 0. The van der Waals surface area contributed by atoms with Crippen LogP contribution in [0.1, 0.15) is 23.2 Å². The van der Waals surface area contributed by atoms with Gasteiger partial charge in [-0.2, -0.15) is 0 Å². The lowest BCUT2D eigenvalue weighted by Gasteiger charge is -2.04. The zero-order chi connectivity index (χ0) is 12.7. The summed E-state index contributed by atoms with van der Waals surface area (Å²) in [4.78, 5) is 26.1. The molecule has 17 heavy (non-hydrogen) atoms. The van der Waals surface area contributed by atoms with Crippen molar-refractivity contribution in [2.45, 2.75) is 12.8 Å². The molecule has 0 bridgehead atoms. The first kappa shape index (κ1) is 13.0. The molecule has 92 valence electrons. The Hall–Kier alpha value is -2.11. The lowest BCUT2D eigenvalue weighted by atomic mass is 10.2. The van der Waals surface area contributed by atoms with Crippen molar-refractivity contribution in [3.8, 4) is 0 Å². The van der Waals surface area contributed by atoms with Crippen LogP contribution in [0.4, 0.5) is 5.82 Å². The fourth-order valence-corrected chi connectivity index (χ4v) is 1.24. The number of rotatable bonds is 6. The number of hydrogen-bond donors (Lipinski definition) is 3. The quantitative estimate of drug-likeness (QED) is 0.611. The van der Waals surface area contributed by atoms with Gasteiger partial charge >= 0.3 is 0 Å². The van der Waals surface area contributed by atoms with Crippen LogP contribution in [-0.2, 0) is 4.79 Å². The van der Waals surface area contributed by atoms with Crippen molar-refractivity contribution in [3.05, 3.63) is 23.9 Å². The molecular weight excluding hydrogens is 220 g/mol. The maximum absolute atomic E-state index is 11.6. The van der Waals surface area contributed by atoms with Gasteiger partial charge in [-0.25, -0.2) is 4.98 Å². The number of amides is 2. The van der Waals surface area contributed by atoms with Gasteiger partial charge in [0.2, 0.25) is 5.91 Å². The van der Waals surface area contributed by atoms with Crippen LogP contribution in [0.15, 0.2) is 18.3 Å². The minimum absolute atomic E-state index is 0.204. The maximum atomic E-state index is 11.6. The predicted octanol–water partition coefficient (Wildman–Crippen LogP) is 0.119. The van der Waals surface area contributed by atoms with E-state index in [2.05, 4.69) is 15.6 Å². The number of anilines is 1. The lowest BCUT2D eigenvalue weighted by Crippen LogP contribution is -2.25. The summed E-state index contributed by atoms with van der Waals surface area (Å²) in [5, 5.41) is 5.55. The predicted molar refractivity (Wildman–Crippen MR) is 64.5 cm³/mol. The lowest BCUT2D eigenvalue weighted by molar-refractivity contribution is -0.118. The van der Waals surface area contributed by atoms with Crippen molar-refractivity contribution >= 4 is 17.6 Å². The molecule has 1 aromatic rings. The SMILES string of the molecule is CNc1ccc(C(=O)NCCCC(N)=O)cn1. The third-order valence-electron chi connectivity index (χ3n) is 2.17. The van der Waals surface area contributed by atoms with Gasteiger partial charge in [0, 0.05) is 26.2 Å². The highest BCUT2D eigenvalue weighted by atomic mass is 16.2. The van der Waals surface area contributed by atoms with Crippen molar-refractivity contribution in [2.75, 3.05) is 18.9 Å². The molecule has 0 aliphatic heterocycles. The van der Waals surface area contributed by atoms with Gasteiger partial charge < -0.3 is 16.4 Å². The van der Waals surface area contributed by atoms with Crippen molar-refractivity contribution < 1.29 is 9.59 Å². The number of aromatic nitrogens is 1. The summed E-state index contributed by atoms with van der Waals surface area (Å²) in [6.45, 7) is 0.426. The Morgan fingerprint density at radius 3 is 2.71 bits per heavy atom. The fraction of sp³-hybridized carbons (Fsp3) is 0.364. The first-order valence-electron chi connectivity index (χ1n) is 5.34. The van der Waals surface area contributed by atoms with E-state index < -0.39 is 0 Å². The zero-order valence-corrected chi connectivity index (χ0v) is 9.69. The topological polar surface area (TPSA) is 97.1 Å². The van der Waals surface area contributed by atoms with E-state index in [0.717, 1.165) is 0 Å². The second-order valence-corrected chi connectivity index (χ2v) is 3.51. The first-order chi connectivity index (χ1) is 8.13. The van der Waals surface area contributed by atoms with Gasteiger partial charge in [0.25, 0.3) is 5.91 Å². The molecule has 0 aromatic carbocycles. The average Bonchev–Trinajstić information content (AvgIpc) is 2.34. The number of carbonyl (C=O) groups is 2. The molecule has 0 saturated carbocycles. The molecule has 1 aromatic heterocycles. The molecule has 0 fully saturated rings. The number of primary amides is 1. The van der Waals surface area contributed by atoms with Crippen LogP contribution in [0.3, 0.4) is 0 Å². The van der Waals surface area contributed by atoms with E-state index in [9.17, 15) is 9.59 Å². The highest BCUT2D eigenvalue weighted by Gasteiger charge is 2.05. The molecule has 1 heterocycles. The highest BCUT2D eigenvalue weighted by molar-refractivity contribution is 5.94. The Balaban J connectivity index is 2.38. The largest absolute Gasteiger partial charge is 0.373 e. The van der Waals surface area contributed by atoms with E-state index in [4.69, 9.17) is 5.73 Å². The Morgan fingerprint density at radius 2 is 2.18 bits per heavy atom. The monoisotopic (exact) mass is 236 g/mol. The third kappa shape index (κ3) is 4.50. The molecule has 0 aliphatic rings. The molecule has 0 saturated heterocycles. The van der Waals surface area contributed by atoms with E-state index in [0.29, 0.717) is 24.3 Å². The zero-order valence-electron chi connectivity index (χ0n) is 9.69. The number of hydrogen-bond acceptors (Lipinski definition) is 4. The molecule has 6 heteroatoms. The summed E-state index contributed by atoms with van der Waals surface area (Å²) in [6.07, 6.45) is 2.32. The molecule has 0 spiro atoms. The number of pyridine rings is 1. The fourth-order valence-electron chi connectivity index (χ4n) is 1.24. The van der Waals surface area contributed by atoms with Crippen LogP contribution in [0.2, 0.25) is 0 Å². The van der Waals surface area contributed by atoms with Crippen LogP contribution >= 0.6 is 0 Å². The molecule has 1 rings (SSSR count). The van der Waals surface area contributed by atoms with Crippen molar-refractivity contribution in [2.24, 2.45) is 5.73 Å². The van der Waals surface area contributed by atoms with E-state index in [1.165, 1.54) is 6.20 Å². The molecular formula is C11H16N4O2. The van der Waals surface area contributed by atoms with Crippen molar-refractivity contribution in [3.63, 3.8) is 0 Å². The van der Waals surface area contributed by atoms with E-state index in [1.54, 1.807) is 19.2 Å². The molecule has 2 amide bonds. The second kappa shape index (κ2) is 6.47. The van der Waals surface area contributed by atoms with Crippen LogP contribution < -0.4 is 16.4 Å². The molecule has 0 radical (unpaired) electrons. The standard InChI is InChI=1S/C11H16N4O2/c1-13-10-5-4-8(7-15-10)11(17)14-6-2-3-9(12)16/h4-5,7H,2-3,6H2,1H3,(H2,12,16)(H,13,15)(H,14,17). The minimum Gasteiger partial charge on any atom is -0.373 e. The Bertz CT molecular complexity index is 389. The highest BCUT2D eigenvalue weighted by Crippen LogP contribution is 2.03. The van der Waals surface area contributed by atoms with Crippen LogP contribution in [-0.4, -0.2) is 30.4 Å². The van der Waals surface area contributed by atoms with E-state index in [1.807, 2.05) is 0 Å². The van der Waals surface area contributed by atoms with E-state index in [-0.39, 0.29) is 18.2 Å². The smallest absolute Gasteiger partial charge is 0.252 e. The van der Waals surface area contributed by atoms with E-state index >= 15 is 0 Å². The number of nitrogens with one attached hydrogen (secondary N) is 2. The molecule has 0 unspecified atom stereocenters. The number of carbonyl (C=O) groups excluding carboxylic acids is 2. The van der Waals surface area contributed by atoms with Gasteiger partial charge in [0.1, 0.15) is 5.82 Å². The first-order valence-corrected chi connectivity index (χ1v) is 5.34. The van der Waals surface area contributed by atoms with Gasteiger partial charge in [-0.05, 0) is 18.6 Å². The van der Waals surface area contributed by atoms with Gasteiger partial charge in [-0.1, -0.05) is 0 Å². The van der Waals surface area contributed by atoms with Crippen LogP contribution in [0.5, 0.6) is 0 Å². The molecule has 6 nitrogen and oxygen atoms in total. The van der Waals surface area contributed by atoms with Crippen molar-refractivity contribution in [1.82, 2.24) is 10.3 Å². The van der Waals surface area contributed by atoms with Gasteiger partial charge in [-0.3, -0.25) is 9.59 Å². The third-order valence-corrected chi connectivity index (χ3v) is 2.17. The Kier molecular flexibility index (Phi) is 4.93. The summed E-state index contributed by atoms with van der Waals surface area (Å²) in [5.74, 6) is 0.138. The number of nitrogens with two attached hydrogens (primary N) is 1. The summed E-state index contributed by atoms with van der Waals surface area (Å²) in [7, 11) is 1.76. The molecule has 4 N–H and O–H groups in total. The van der Waals surface area contributed by atoms with Gasteiger partial charge in [-0.15, -0.1) is 0 Å². The van der Waals surface area contributed by atoms with Crippen LogP contribution in [0.25, 0.3) is 0 Å². The Labute approximate surface area is 99.6 Å². The summed E-state index contributed by atoms with van der Waals surface area (Å²) >= 11 is 0. The van der Waals surface area contributed by atoms with Crippen LogP contribution in [0, 0.1) is 0 Å². The van der Waals surface area contributed by atoms with Gasteiger partial charge in [0.15, 0.2) is 0 Å². The Morgan fingerprint density at radius 1 is 1.41 bits per heavy atom.